The first-order valence-electron chi connectivity index (χ1n) is 6.64. The van der Waals surface area contributed by atoms with Gasteiger partial charge in [0.05, 0.1) is 0 Å². The molecule has 1 aliphatic rings. The SMILES string of the molecule is NCCN(C1CCCC1)S(=O)(=O)c1cc(F)ccc1F. The third-order valence-electron chi connectivity index (χ3n) is 3.56. The first-order valence-corrected chi connectivity index (χ1v) is 8.08. The number of nitrogens with zero attached hydrogens (tertiary/aromatic N) is 1. The van der Waals surface area contributed by atoms with Gasteiger partial charge in [0.1, 0.15) is 16.5 Å². The van der Waals surface area contributed by atoms with Crippen LogP contribution >= 0.6 is 0 Å². The standard InChI is InChI=1S/C13H18F2N2O2S/c14-10-5-6-12(15)13(9-10)20(18,19)17(8-7-16)11-3-1-2-4-11/h5-6,9,11H,1-4,7-8,16H2. The number of nitrogens with two attached hydrogens (primary N) is 1. The van der Waals surface area contributed by atoms with E-state index in [0.29, 0.717) is 0 Å². The molecule has 0 radical (unpaired) electrons. The lowest BCUT2D eigenvalue weighted by Crippen LogP contribution is -2.42. The number of rotatable bonds is 5. The smallest absolute Gasteiger partial charge is 0.246 e. The molecule has 0 saturated heterocycles. The van der Waals surface area contributed by atoms with Crippen LogP contribution in [-0.4, -0.2) is 31.9 Å². The summed E-state index contributed by atoms with van der Waals surface area (Å²) in [5.74, 6) is -1.71. The van der Waals surface area contributed by atoms with Crippen LogP contribution in [0, 0.1) is 11.6 Å². The van der Waals surface area contributed by atoms with Gasteiger partial charge in [-0.15, -0.1) is 0 Å². The normalized spacial score (nSPS) is 17.0. The predicted molar refractivity (Wildman–Crippen MR) is 71.6 cm³/mol. The van der Waals surface area contributed by atoms with E-state index in [1.807, 2.05) is 0 Å². The van der Waals surface area contributed by atoms with Gasteiger partial charge in [0.25, 0.3) is 0 Å². The van der Waals surface area contributed by atoms with Crippen molar-refractivity contribution in [1.29, 1.82) is 0 Å². The van der Waals surface area contributed by atoms with E-state index >= 15 is 0 Å². The van der Waals surface area contributed by atoms with Gasteiger partial charge in [-0.25, -0.2) is 17.2 Å². The number of benzene rings is 1. The summed E-state index contributed by atoms with van der Waals surface area (Å²) in [6.45, 7) is 0.260. The summed E-state index contributed by atoms with van der Waals surface area (Å²) in [5, 5.41) is 0. The van der Waals surface area contributed by atoms with Gasteiger partial charge >= 0.3 is 0 Å². The third kappa shape index (κ3) is 2.99. The molecule has 0 heterocycles. The average Bonchev–Trinajstić information content (AvgIpc) is 2.92. The monoisotopic (exact) mass is 304 g/mol. The molecule has 4 nitrogen and oxygen atoms in total. The van der Waals surface area contributed by atoms with Crippen molar-refractivity contribution in [3.63, 3.8) is 0 Å². The van der Waals surface area contributed by atoms with Crippen molar-refractivity contribution in [2.45, 2.75) is 36.6 Å². The molecule has 2 N–H and O–H groups in total. The van der Waals surface area contributed by atoms with Gasteiger partial charge in [-0.05, 0) is 31.0 Å². The number of hydrogen-bond acceptors (Lipinski definition) is 3. The molecule has 0 spiro atoms. The summed E-state index contributed by atoms with van der Waals surface area (Å²) in [4.78, 5) is -0.613. The minimum absolute atomic E-state index is 0.114. The molecule has 1 aromatic rings. The van der Waals surface area contributed by atoms with Crippen molar-refractivity contribution in [2.24, 2.45) is 5.73 Å². The van der Waals surface area contributed by atoms with Crippen LogP contribution in [0.15, 0.2) is 23.1 Å². The molecule has 0 aliphatic heterocycles. The van der Waals surface area contributed by atoms with Gasteiger partial charge in [-0.3, -0.25) is 0 Å². The molecule has 112 valence electrons. The summed E-state index contributed by atoms with van der Waals surface area (Å²) in [7, 11) is -4.06. The molecular formula is C13H18F2N2O2S. The fourth-order valence-electron chi connectivity index (χ4n) is 2.62. The van der Waals surface area contributed by atoms with Crippen molar-refractivity contribution in [1.82, 2.24) is 4.31 Å². The van der Waals surface area contributed by atoms with Crippen LogP contribution in [0.4, 0.5) is 8.78 Å². The summed E-state index contributed by atoms with van der Waals surface area (Å²) in [6, 6.07) is 2.28. The second kappa shape index (κ2) is 6.15. The fourth-order valence-corrected chi connectivity index (χ4v) is 4.40. The zero-order valence-corrected chi connectivity index (χ0v) is 11.9. The molecule has 0 aromatic heterocycles. The van der Waals surface area contributed by atoms with Gasteiger partial charge in [0.15, 0.2) is 0 Å². The van der Waals surface area contributed by atoms with E-state index in [9.17, 15) is 17.2 Å². The Balaban J connectivity index is 2.41. The van der Waals surface area contributed by atoms with Crippen molar-refractivity contribution < 1.29 is 17.2 Å². The summed E-state index contributed by atoms with van der Waals surface area (Å²) < 4.78 is 53.3. The van der Waals surface area contributed by atoms with Crippen molar-refractivity contribution in [2.75, 3.05) is 13.1 Å². The van der Waals surface area contributed by atoms with Gasteiger partial charge < -0.3 is 5.73 Å². The highest BCUT2D eigenvalue weighted by Gasteiger charge is 2.34. The van der Waals surface area contributed by atoms with E-state index in [-0.39, 0.29) is 19.1 Å². The van der Waals surface area contributed by atoms with Gasteiger partial charge in [-0.1, -0.05) is 12.8 Å². The first kappa shape index (κ1) is 15.3. The molecule has 0 bridgehead atoms. The lowest BCUT2D eigenvalue weighted by molar-refractivity contribution is 0.327. The molecular weight excluding hydrogens is 286 g/mol. The molecule has 7 heteroatoms. The van der Waals surface area contributed by atoms with E-state index in [1.54, 1.807) is 0 Å². The zero-order chi connectivity index (χ0) is 14.8. The van der Waals surface area contributed by atoms with E-state index in [0.717, 1.165) is 43.9 Å². The minimum Gasteiger partial charge on any atom is -0.329 e. The summed E-state index contributed by atoms with van der Waals surface area (Å²) in [6.07, 6.45) is 3.34. The Labute approximate surface area is 117 Å². The molecule has 0 unspecified atom stereocenters. The maximum absolute atomic E-state index is 13.7. The lowest BCUT2D eigenvalue weighted by Gasteiger charge is -2.27. The maximum atomic E-state index is 13.7. The van der Waals surface area contributed by atoms with E-state index < -0.39 is 26.6 Å². The Morgan fingerprint density at radius 1 is 1.25 bits per heavy atom. The Hall–Kier alpha value is -1.05. The summed E-state index contributed by atoms with van der Waals surface area (Å²) in [5.41, 5.74) is 5.47. The molecule has 20 heavy (non-hydrogen) atoms. The van der Waals surface area contributed by atoms with Crippen LogP contribution in [0.25, 0.3) is 0 Å². The maximum Gasteiger partial charge on any atom is 0.246 e. The van der Waals surface area contributed by atoms with Gasteiger partial charge in [0, 0.05) is 19.1 Å². The Bertz CT molecular complexity index is 572. The largest absolute Gasteiger partial charge is 0.329 e. The summed E-state index contributed by atoms with van der Waals surface area (Å²) >= 11 is 0. The van der Waals surface area contributed by atoms with Crippen LogP contribution in [0.1, 0.15) is 25.7 Å². The molecule has 1 aromatic carbocycles. The van der Waals surface area contributed by atoms with Crippen LogP contribution in [-0.2, 0) is 10.0 Å². The first-order chi connectivity index (χ1) is 9.46. The van der Waals surface area contributed by atoms with Crippen molar-refractivity contribution in [3.05, 3.63) is 29.8 Å². The number of sulfonamides is 1. The highest BCUT2D eigenvalue weighted by Crippen LogP contribution is 2.29. The number of halogens is 2. The van der Waals surface area contributed by atoms with E-state index in [1.165, 1.54) is 4.31 Å². The molecule has 2 rings (SSSR count). The Kier molecular flexibility index (Phi) is 4.72. The lowest BCUT2D eigenvalue weighted by atomic mass is 10.2. The molecule has 0 atom stereocenters. The van der Waals surface area contributed by atoms with Crippen LogP contribution in [0.2, 0.25) is 0 Å². The molecule has 1 aliphatic carbocycles. The highest BCUT2D eigenvalue weighted by atomic mass is 32.2. The van der Waals surface area contributed by atoms with Crippen LogP contribution < -0.4 is 5.73 Å². The second-order valence-electron chi connectivity index (χ2n) is 4.92. The van der Waals surface area contributed by atoms with Crippen LogP contribution in [0.5, 0.6) is 0 Å². The predicted octanol–water partition coefficient (Wildman–Crippen LogP) is 1.86. The average molecular weight is 304 g/mol. The van der Waals surface area contributed by atoms with Gasteiger partial charge in [-0.2, -0.15) is 4.31 Å². The highest BCUT2D eigenvalue weighted by molar-refractivity contribution is 7.89. The third-order valence-corrected chi connectivity index (χ3v) is 5.53. The minimum atomic E-state index is -4.06. The number of hydrogen-bond donors (Lipinski definition) is 1. The van der Waals surface area contributed by atoms with Crippen molar-refractivity contribution >= 4 is 10.0 Å². The van der Waals surface area contributed by atoms with E-state index in [4.69, 9.17) is 5.73 Å². The molecule has 1 saturated carbocycles. The quantitative estimate of drug-likeness (QED) is 0.903. The molecule has 1 fully saturated rings. The van der Waals surface area contributed by atoms with E-state index in [2.05, 4.69) is 0 Å². The van der Waals surface area contributed by atoms with Crippen LogP contribution in [0.3, 0.4) is 0 Å². The second-order valence-corrected chi connectivity index (χ2v) is 6.78. The Morgan fingerprint density at radius 2 is 1.90 bits per heavy atom. The molecule has 0 amide bonds. The fraction of sp³-hybridized carbons (Fsp3) is 0.538. The Morgan fingerprint density at radius 3 is 2.50 bits per heavy atom. The topological polar surface area (TPSA) is 63.4 Å². The van der Waals surface area contributed by atoms with Crippen molar-refractivity contribution in [3.8, 4) is 0 Å². The van der Waals surface area contributed by atoms with Gasteiger partial charge in [0.2, 0.25) is 10.0 Å². The zero-order valence-electron chi connectivity index (χ0n) is 11.1.